The Labute approximate surface area is 136 Å². The second kappa shape index (κ2) is 5.53. The van der Waals surface area contributed by atoms with Crippen molar-refractivity contribution in [3.05, 3.63) is 48.0 Å². The van der Waals surface area contributed by atoms with Crippen molar-refractivity contribution in [3.8, 4) is 6.07 Å². The third-order valence-corrected chi connectivity index (χ3v) is 4.06. The van der Waals surface area contributed by atoms with Gasteiger partial charge in [-0.15, -0.1) is 0 Å². The smallest absolute Gasteiger partial charge is 0.297 e. The maximum Gasteiger partial charge on any atom is 0.297 e. The predicted octanol–water partition coefficient (Wildman–Crippen LogP) is 2.70. The van der Waals surface area contributed by atoms with Gasteiger partial charge in [0.1, 0.15) is 11.9 Å². The molecule has 0 N–H and O–H groups in total. The molecule has 1 aliphatic rings. The second-order valence-corrected chi connectivity index (χ2v) is 5.60. The van der Waals surface area contributed by atoms with Gasteiger partial charge in [0, 0.05) is 24.7 Å². The first-order valence-corrected chi connectivity index (χ1v) is 7.40. The first kappa shape index (κ1) is 14.5. The van der Waals surface area contributed by atoms with Crippen LogP contribution in [0.4, 0.5) is 14.6 Å². The molecule has 8 heteroatoms. The van der Waals surface area contributed by atoms with Gasteiger partial charge in [-0.2, -0.15) is 10.4 Å². The number of nitriles is 1. The monoisotopic (exact) mass is 326 g/mol. The Hall–Kier alpha value is -3.08. The average molecular weight is 326 g/mol. The average Bonchev–Trinajstić information content (AvgIpc) is 3.02. The van der Waals surface area contributed by atoms with Crippen LogP contribution in [-0.4, -0.2) is 32.8 Å². The number of para-hydroxylation sites is 1. The van der Waals surface area contributed by atoms with Gasteiger partial charge in [-0.3, -0.25) is 4.68 Å². The standard InChI is InChI=1S/C16H12F2N6/c17-14(18)15-21-13-4-2-1-3-12(13)16(22-15)23-8-11(9-23)24-7-10(5-19)6-20-24/h1-4,6-7,11,14H,8-9H2. The van der Waals surface area contributed by atoms with E-state index in [1.807, 2.05) is 23.1 Å². The van der Waals surface area contributed by atoms with Crippen LogP contribution < -0.4 is 4.90 Å². The Morgan fingerprint density at radius 3 is 2.71 bits per heavy atom. The highest BCUT2D eigenvalue weighted by molar-refractivity contribution is 5.89. The summed E-state index contributed by atoms with van der Waals surface area (Å²) in [5, 5.41) is 13.8. The first-order valence-electron chi connectivity index (χ1n) is 7.40. The lowest BCUT2D eigenvalue weighted by Gasteiger charge is -2.40. The van der Waals surface area contributed by atoms with Crippen molar-refractivity contribution in [2.75, 3.05) is 18.0 Å². The summed E-state index contributed by atoms with van der Waals surface area (Å²) in [6, 6.07) is 9.26. The molecule has 6 nitrogen and oxygen atoms in total. The molecule has 1 fully saturated rings. The van der Waals surface area contributed by atoms with Crippen molar-refractivity contribution in [2.45, 2.75) is 12.5 Å². The van der Waals surface area contributed by atoms with Gasteiger partial charge in [0.05, 0.1) is 23.3 Å². The minimum absolute atomic E-state index is 0.0934. The summed E-state index contributed by atoms with van der Waals surface area (Å²) in [4.78, 5) is 9.91. The number of hydrogen-bond donors (Lipinski definition) is 0. The van der Waals surface area contributed by atoms with Gasteiger partial charge in [-0.1, -0.05) is 12.1 Å². The number of fused-ring (bicyclic) bond motifs is 1. The maximum atomic E-state index is 13.1. The third-order valence-electron chi connectivity index (χ3n) is 4.06. The molecule has 3 heterocycles. The van der Waals surface area contributed by atoms with E-state index in [-0.39, 0.29) is 6.04 Å². The highest BCUT2D eigenvalue weighted by atomic mass is 19.3. The van der Waals surface area contributed by atoms with Crippen molar-refractivity contribution < 1.29 is 8.78 Å². The van der Waals surface area contributed by atoms with Crippen LogP contribution in [0.3, 0.4) is 0 Å². The quantitative estimate of drug-likeness (QED) is 0.740. The molecule has 120 valence electrons. The zero-order chi connectivity index (χ0) is 16.7. The van der Waals surface area contributed by atoms with Crippen LogP contribution in [-0.2, 0) is 0 Å². The molecular formula is C16H12F2N6. The fraction of sp³-hybridized carbons (Fsp3) is 0.250. The van der Waals surface area contributed by atoms with Crippen LogP contribution >= 0.6 is 0 Å². The molecule has 4 rings (SSSR count). The molecule has 0 radical (unpaired) electrons. The molecule has 24 heavy (non-hydrogen) atoms. The van der Waals surface area contributed by atoms with Crippen LogP contribution in [0.5, 0.6) is 0 Å². The highest BCUT2D eigenvalue weighted by Gasteiger charge is 2.32. The Balaban J connectivity index is 1.64. The minimum Gasteiger partial charge on any atom is -0.352 e. The summed E-state index contributed by atoms with van der Waals surface area (Å²) in [5.74, 6) is 0.0535. The Bertz CT molecular complexity index is 939. The van der Waals surface area contributed by atoms with Crippen LogP contribution in [0.2, 0.25) is 0 Å². The first-order chi connectivity index (χ1) is 11.7. The van der Waals surface area contributed by atoms with Crippen molar-refractivity contribution in [1.82, 2.24) is 19.7 Å². The maximum absolute atomic E-state index is 13.1. The molecule has 0 spiro atoms. The highest BCUT2D eigenvalue weighted by Crippen LogP contribution is 2.32. The van der Waals surface area contributed by atoms with Gasteiger partial charge in [0.2, 0.25) is 0 Å². The second-order valence-electron chi connectivity index (χ2n) is 5.60. The van der Waals surface area contributed by atoms with E-state index >= 15 is 0 Å². The lowest BCUT2D eigenvalue weighted by Crippen LogP contribution is -2.48. The van der Waals surface area contributed by atoms with Crippen LogP contribution in [0.15, 0.2) is 36.7 Å². The zero-order valence-electron chi connectivity index (χ0n) is 12.5. The SMILES string of the molecule is N#Cc1cnn(C2CN(c3nc(C(F)F)nc4ccccc34)C2)c1. The molecule has 1 aromatic carbocycles. The third kappa shape index (κ3) is 2.34. The molecule has 0 aliphatic carbocycles. The Morgan fingerprint density at radius 1 is 1.21 bits per heavy atom. The number of anilines is 1. The summed E-state index contributed by atoms with van der Waals surface area (Å²) < 4.78 is 27.8. The summed E-state index contributed by atoms with van der Waals surface area (Å²) >= 11 is 0. The topological polar surface area (TPSA) is 70.6 Å². The van der Waals surface area contributed by atoms with E-state index < -0.39 is 12.2 Å². The summed E-state index contributed by atoms with van der Waals surface area (Å²) in [6.07, 6.45) is 0.484. The van der Waals surface area contributed by atoms with Crippen LogP contribution in [0.1, 0.15) is 23.9 Å². The number of alkyl halides is 2. The molecule has 0 atom stereocenters. The number of rotatable bonds is 3. The Kier molecular flexibility index (Phi) is 3.34. The van der Waals surface area contributed by atoms with Crippen molar-refractivity contribution in [1.29, 1.82) is 5.26 Å². The number of hydrogen-bond acceptors (Lipinski definition) is 5. The van der Waals surface area contributed by atoms with E-state index in [2.05, 4.69) is 15.1 Å². The fourth-order valence-electron chi connectivity index (χ4n) is 2.81. The van der Waals surface area contributed by atoms with Crippen molar-refractivity contribution in [2.24, 2.45) is 0 Å². The van der Waals surface area contributed by atoms with E-state index in [0.717, 1.165) is 5.39 Å². The molecule has 0 saturated carbocycles. The van der Waals surface area contributed by atoms with E-state index in [0.29, 0.717) is 30.0 Å². The number of halogens is 2. The Morgan fingerprint density at radius 2 is 2.00 bits per heavy atom. The van der Waals surface area contributed by atoms with Gasteiger partial charge in [-0.05, 0) is 12.1 Å². The van der Waals surface area contributed by atoms with Gasteiger partial charge < -0.3 is 4.90 Å². The van der Waals surface area contributed by atoms with Gasteiger partial charge >= 0.3 is 0 Å². The normalized spacial score (nSPS) is 14.8. The lowest BCUT2D eigenvalue weighted by molar-refractivity contribution is 0.140. The van der Waals surface area contributed by atoms with Crippen LogP contribution in [0, 0.1) is 11.3 Å². The van der Waals surface area contributed by atoms with Crippen LogP contribution in [0.25, 0.3) is 10.9 Å². The van der Waals surface area contributed by atoms with Gasteiger partial charge in [-0.25, -0.2) is 18.7 Å². The summed E-state index contributed by atoms with van der Waals surface area (Å²) in [7, 11) is 0. The molecule has 0 unspecified atom stereocenters. The van der Waals surface area contributed by atoms with Gasteiger partial charge in [0.25, 0.3) is 6.43 Å². The predicted molar refractivity (Wildman–Crippen MR) is 82.7 cm³/mol. The molecule has 0 amide bonds. The zero-order valence-corrected chi connectivity index (χ0v) is 12.5. The lowest BCUT2D eigenvalue weighted by atomic mass is 10.1. The number of nitrogens with zero attached hydrogens (tertiary/aromatic N) is 6. The molecule has 1 saturated heterocycles. The molecular weight excluding hydrogens is 314 g/mol. The van der Waals surface area contributed by atoms with E-state index in [9.17, 15) is 8.78 Å². The molecule has 2 aromatic heterocycles. The van der Waals surface area contributed by atoms with E-state index in [1.54, 1.807) is 23.0 Å². The summed E-state index contributed by atoms with van der Waals surface area (Å²) in [6.45, 7) is 1.19. The van der Waals surface area contributed by atoms with E-state index in [4.69, 9.17) is 5.26 Å². The van der Waals surface area contributed by atoms with Gasteiger partial charge in [0.15, 0.2) is 5.82 Å². The van der Waals surface area contributed by atoms with E-state index in [1.165, 1.54) is 6.20 Å². The number of aromatic nitrogens is 4. The fourth-order valence-corrected chi connectivity index (χ4v) is 2.81. The molecule has 3 aromatic rings. The summed E-state index contributed by atoms with van der Waals surface area (Å²) in [5.41, 5.74) is 1.01. The minimum atomic E-state index is -2.71. The molecule has 0 bridgehead atoms. The van der Waals surface area contributed by atoms with Crippen molar-refractivity contribution in [3.63, 3.8) is 0 Å². The molecule has 1 aliphatic heterocycles. The van der Waals surface area contributed by atoms with Crippen molar-refractivity contribution >= 4 is 16.7 Å². The largest absolute Gasteiger partial charge is 0.352 e. The number of benzene rings is 1.